The number of ketones is 1. The van der Waals surface area contributed by atoms with Crippen LogP contribution in [0.1, 0.15) is 78.0 Å². The predicted octanol–water partition coefficient (Wildman–Crippen LogP) is 5.91. The van der Waals surface area contributed by atoms with E-state index in [0.29, 0.717) is 11.4 Å². The number of amides is 1. The Hall–Kier alpha value is -1.36. The summed E-state index contributed by atoms with van der Waals surface area (Å²) in [6, 6.07) is 3.78. The van der Waals surface area contributed by atoms with Gasteiger partial charge in [-0.05, 0) is 59.1 Å². The van der Waals surface area contributed by atoms with E-state index in [1.54, 1.807) is 0 Å². The van der Waals surface area contributed by atoms with Crippen molar-refractivity contribution < 1.29 is 14.3 Å². The Labute approximate surface area is 155 Å². The summed E-state index contributed by atoms with van der Waals surface area (Å²) >= 11 is 1.45. The molecule has 1 aromatic heterocycles. The van der Waals surface area contributed by atoms with Gasteiger partial charge in [0, 0.05) is 11.3 Å². The van der Waals surface area contributed by atoms with Gasteiger partial charge in [0.25, 0.3) is 0 Å². The molecule has 140 valence electrons. The number of Topliss-reactive ketones (excluding diaryl/α,β-unsaturated/α-hetero) is 1. The van der Waals surface area contributed by atoms with Crippen molar-refractivity contribution in [3.8, 4) is 0 Å². The summed E-state index contributed by atoms with van der Waals surface area (Å²) < 4.78 is 5.27. The van der Waals surface area contributed by atoms with Crippen LogP contribution in [-0.4, -0.2) is 17.5 Å². The smallest absolute Gasteiger partial charge is 0.412 e. The van der Waals surface area contributed by atoms with Crippen molar-refractivity contribution >= 4 is 28.2 Å². The molecule has 1 saturated carbocycles. The minimum absolute atomic E-state index is 0.282. The average Bonchev–Trinajstić information content (AvgIpc) is 3.13. The highest BCUT2D eigenvalue weighted by molar-refractivity contribution is 7.16. The molecular weight excluding hydrogens is 334 g/mol. The van der Waals surface area contributed by atoms with E-state index in [4.69, 9.17) is 4.74 Å². The van der Waals surface area contributed by atoms with Crippen LogP contribution in [0.25, 0.3) is 0 Å². The van der Waals surface area contributed by atoms with Crippen molar-refractivity contribution in [2.75, 3.05) is 5.32 Å². The molecule has 1 aliphatic carbocycles. The molecule has 0 saturated heterocycles. The number of hydrogen-bond donors (Lipinski definition) is 1. The fourth-order valence-electron chi connectivity index (χ4n) is 3.23. The van der Waals surface area contributed by atoms with Crippen LogP contribution >= 0.6 is 11.3 Å². The second-order valence-corrected chi connectivity index (χ2v) is 9.61. The number of thiophene rings is 1. The summed E-state index contributed by atoms with van der Waals surface area (Å²) in [5.41, 5.74) is -1.04. The molecule has 0 atom stereocenters. The number of nitrogens with one attached hydrogen (secondary N) is 1. The zero-order chi connectivity index (χ0) is 18.7. The molecule has 1 fully saturated rings. The highest BCUT2D eigenvalue weighted by atomic mass is 32.1. The average molecular weight is 366 g/mol. The standard InChI is InChI=1S/C20H31NO3S/c1-19(2,3)24-18(23)21-17-13-12-16(25-17)20(4,5)15(22)11-10-14-8-6-7-9-14/h12-14H,6-11H2,1-5H3,(H,21,23). The van der Waals surface area contributed by atoms with Crippen molar-refractivity contribution in [1.29, 1.82) is 0 Å². The van der Waals surface area contributed by atoms with E-state index in [9.17, 15) is 9.59 Å². The van der Waals surface area contributed by atoms with Crippen molar-refractivity contribution in [3.63, 3.8) is 0 Å². The quantitative estimate of drug-likeness (QED) is 0.681. The molecule has 0 spiro atoms. The van der Waals surface area contributed by atoms with Gasteiger partial charge < -0.3 is 4.74 Å². The topological polar surface area (TPSA) is 55.4 Å². The molecule has 1 aliphatic rings. The summed E-state index contributed by atoms with van der Waals surface area (Å²) in [6.07, 6.45) is 6.36. The fourth-order valence-corrected chi connectivity index (χ4v) is 4.24. The largest absolute Gasteiger partial charge is 0.444 e. The van der Waals surface area contributed by atoms with Crippen LogP contribution in [-0.2, 0) is 14.9 Å². The number of carbonyl (C=O) groups is 2. The first-order chi connectivity index (χ1) is 11.6. The molecule has 4 nitrogen and oxygen atoms in total. The van der Waals surface area contributed by atoms with Gasteiger partial charge in [0.05, 0.1) is 10.4 Å². The monoisotopic (exact) mass is 365 g/mol. The fraction of sp³-hybridized carbons (Fsp3) is 0.700. The SMILES string of the molecule is CC(C)(C)OC(=O)Nc1ccc(C(C)(C)C(=O)CCC2CCCC2)s1. The maximum Gasteiger partial charge on any atom is 0.412 e. The van der Waals surface area contributed by atoms with Gasteiger partial charge in [0.1, 0.15) is 11.4 Å². The first-order valence-electron chi connectivity index (χ1n) is 9.21. The second kappa shape index (κ2) is 7.90. The molecular formula is C20H31NO3S. The van der Waals surface area contributed by atoms with Crippen LogP contribution in [0.2, 0.25) is 0 Å². The molecule has 0 bridgehead atoms. The molecule has 1 N–H and O–H groups in total. The first-order valence-corrected chi connectivity index (χ1v) is 10.0. The lowest BCUT2D eigenvalue weighted by Gasteiger charge is -2.22. The maximum atomic E-state index is 12.7. The third kappa shape index (κ3) is 5.84. The highest BCUT2D eigenvalue weighted by Crippen LogP contribution is 2.36. The van der Waals surface area contributed by atoms with Gasteiger partial charge in [-0.25, -0.2) is 4.79 Å². The van der Waals surface area contributed by atoms with Gasteiger partial charge in [-0.3, -0.25) is 10.1 Å². The third-order valence-electron chi connectivity index (χ3n) is 4.80. The number of carbonyl (C=O) groups excluding carboxylic acids is 2. The summed E-state index contributed by atoms with van der Waals surface area (Å²) in [6.45, 7) is 9.45. The predicted molar refractivity (Wildman–Crippen MR) is 103 cm³/mol. The summed E-state index contributed by atoms with van der Waals surface area (Å²) in [5, 5.41) is 3.46. The number of rotatable bonds is 6. The van der Waals surface area contributed by atoms with Gasteiger partial charge in [-0.15, -0.1) is 11.3 Å². The van der Waals surface area contributed by atoms with Crippen molar-refractivity contribution in [2.45, 2.75) is 84.2 Å². The van der Waals surface area contributed by atoms with Crippen LogP contribution in [0.4, 0.5) is 9.80 Å². The number of anilines is 1. The lowest BCUT2D eigenvalue weighted by atomic mass is 9.83. The van der Waals surface area contributed by atoms with Gasteiger partial charge in [-0.1, -0.05) is 25.7 Å². The zero-order valence-corrected chi connectivity index (χ0v) is 16.9. The molecule has 0 radical (unpaired) electrons. The van der Waals surface area contributed by atoms with E-state index in [1.807, 2.05) is 46.8 Å². The van der Waals surface area contributed by atoms with Gasteiger partial charge in [-0.2, -0.15) is 0 Å². The minimum Gasteiger partial charge on any atom is -0.444 e. The highest BCUT2D eigenvalue weighted by Gasteiger charge is 2.31. The van der Waals surface area contributed by atoms with E-state index < -0.39 is 17.1 Å². The lowest BCUT2D eigenvalue weighted by Crippen LogP contribution is -2.28. The Kier molecular flexibility index (Phi) is 6.30. The van der Waals surface area contributed by atoms with E-state index in [2.05, 4.69) is 5.32 Å². The molecule has 0 aromatic carbocycles. The molecule has 0 aliphatic heterocycles. The molecule has 25 heavy (non-hydrogen) atoms. The summed E-state index contributed by atoms with van der Waals surface area (Å²) in [7, 11) is 0. The minimum atomic E-state index is -0.528. The second-order valence-electron chi connectivity index (χ2n) is 8.53. The molecule has 5 heteroatoms. The van der Waals surface area contributed by atoms with E-state index in [1.165, 1.54) is 37.0 Å². The molecule has 0 unspecified atom stereocenters. The Morgan fingerprint density at radius 3 is 2.40 bits per heavy atom. The first kappa shape index (κ1) is 20.0. The third-order valence-corrected chi connectivity index (χ3v) is 6.12. The number of hydrogen-bond acceptors (Lipinski definition) is 4. The van der Waals surface area contributed by atoms with E-state index >= 15 is 0 Å². The van der Waals surface area contributed by atoms with Gasteiger partial charge >= 0.3 is 6.09 Å². The molecule has 1 heterocycles. The van der Waals surface area contributed by atoms with E-state index in [0.717, 1.165) is 17.2 Å². The number of ether oxygens (including phenoxy) is 1. The van der Waals surface area contributed by atoms with Gasteiger partial charge in [0.15, 0.2) is 0 Å². The van der Waals surface area contributed by atoms with Crippen molar-refractivity contribution in [2.24, 2.45) is 5.92 Å². The molecule has 1 amide bonds. The lowest BCUT2D eigenvalue weighted by molar-refractivity contribution is -0.123. The Balaban J connectivity index is 1.93. The normalized spacial score (nSPS) is 16.0. The van der Waals surface area contributed by atoms with Crippen LogP contribution < -0.4 is 5.32 Å². The van der Waals surface area contributed by atoms with Crippen LogP contribution in [0.15, 0.2) is 12.1 Å². The molecule has 2 rings (SSSR count). The Bertz CT molecular complexity index is 607. The van der Waals surface area contributed by atoms with Crippen LogP contribution in [0, 0.1) is 5.92 Å². The van der Waals surface area contributed by atoms with Crippen LogP contribution in [0.5, 0.6) is 0 Å². The molecule has 1 aromatic rings. The van der Waals surface area contributed by atoms with E-state index in [-0.39, 0.29) is 5.78 Å². The van der Waals surface area contributed by atoms with Crippen LogP contribution in [0.3, 0.4) is 0 Å². The summed E-state index contributed by atoms with van der Waals surface area (Å²) in [4.78, 5) is 25.6. The van der Waals surface area contributed by atoms with Gasteiger partial charge in [0.2, 0.25) is 0 Å². The van der Waals surface area contributed by atoms with Crippen molar-refractivity contribution in [3.05, 3.63) is 17.0 Å². The Morgan fingerprint density at radius 2 is 1.80 bits per heavy atom. The zero-order valence-electron chi connectivity index (χ0n) is 16.1. The summed E-state index contributed by atoms with van der Waals surface area (Å²) in [5.74, 6) is 1.01. The van der Waals surface area contributed by atoms with Crippen molar-refractivity contribution in [1.82, 2.24) is 0 Å². The Morgan fingerprint density at radius 1 is 1.16 bits per heavy atom. The maximum absolute atomic E-state index is 12.7.